The lowest BCUT2D eigenvalue weighted by Crippen LogP contribution is -2.29. The molecule has 3 aromatic carbocycles. The molecule has 4 rings (SSSR count). The molecule has 0 atom stereocenters. The Bertz CT molecular complexity index is 1310. The number of fused-ring (bicyclic) bond motifs is 2. The number of benzene rings is 3. The highest BCUT2D eigenvalue weighted by atomic mass is 32.2. The molecule has 8 nitrogen and oxygen atoms in total. The van der Waals surface area contributed by atoms with Crippen molar-refractivity contribution >= 4 is 27.3 Å². The molecule has 0 saturated carbocycles. The third-order valence-corrected chi connectivity index (χ3v) is 6.49. The van der Waals surface area contributed by atoms with E-state index in [1.807, 2.05) is 25.1 Å². The van der Waals surface area contributed by atoms with Gasteiger partial charge in [-0.05, 0) is 55.0 Å². The smallest absolute Gasteiger partial charge is 0.262 e. The lowest BCUT2D eigenvalue weighted by Gasteiger charge is -2.20. The van der Waals surface area contributed by atoms with Crippen LogP contribution in [-0.4, -0.2) is 35.1 Å². The fraction of sp³-hybridized carbons (Fsp3) is 0.208. The lowest BCUT2D eigenvalue weighted by molar-refractivity contribution is 0.0988. The minimum Gasteiger partial charge on any atom is -0.493 e. The second kappa shape index (κ2) is 9.03. The molecule has 0 unspecified atom stereocenters. The zero-order valence-corrected chi connectivity index (χ0v) is 19.3. The van der Waals surface area contributed by atoms with Crippen LogP contribution in [-0.2, 0) is 15.8 Å². The number of methoxy groups -OCH3 is 2. The predicted octanol–water partition coefficient (Wildman–Crippen LogP) is 4.42. The minimum absolute atomic E-state index is 0.265. The average Bonchev–Trinajstić information content (AvgIpc) is 2.92. The number of hydrogen-bond acceptors (Lipinski definition) is 6. The van der Waals surface area contributed by atoms with Gasteiger partial charge in [-0.25, -0.2) is 8.42 Å². The van der Waals surface area contributed by atoms with Crippen LogP contribution in [0.2, 0.25) is 0 Å². The van der Waals surface area contributed by atoms with E-state index < -0.39 is 10.0 Å². The van der Waals surface area contributed by atoms with Crippen molar-refractivity contribution in [2.24, 2.45) is 0 Å². The molecule has 9 heteroatoms. The predicted molar refractivity (Wildman–Crippen MR) is 126 cm³/mol. The van der Waals surface area contributed by atoms with Gasteiger partial charge in [-0.3, -0.25) is 9.52 Å². The second-order valence-electron chi connectivity index (χ2n) is 7.38. The van der Waals surface area contributed by atoms with Gasteiger partial charge in [0.2, 0.25) is 10.0 Å². The van der Waals surface area contributed by atoms with Crippen LogP contribution in [0.3, 0.4) is 0 Å². The first-order valence-corrected chi connectivity index (χ1v) is 11.9. The van der Waals surface area contributed by atoms with E-state index in [0.717, 1.165) is 0 Å². The molecule has 3 aromatic rings. The monoisotopic (exact) mass is 468 g/mol. The molecule has 1 heterocycles. The van der Waals surface area contributed by atoms with E-state index in [0.29, 0.717) is 40.8 Å². The summed E-state index contributed by atoms with van der Waals surface area (Å²) in [5.41, 5.74) is 1.74. The van der Waals surface area contributed by atoms with Crippen LogP contribution >= 0.6 is 0 Å². The van der Waals surface area contributed by atoms with Gasteiger partial charge in [-0.2, -0.15) is 0 Å². The van der Waals surface area contributed by atoms with Crippen molar-refractivity contribution in [1.29, 1.82) is 0 Å². The first-order chi connectivity index (χ1) is 15.8. The Balaban J connectivity index is 1.61. The van der Waals surface area contributed by atoms with Crippen molar-refractivity contribution < 1.29 is 27.4 Å². The van der Waals surface area contributed by atoms with Crippen LogP contribution in [0.1, 0.15) is 22.8 Å². The molecule has 0 spiro atoms. The Morgan fingerprint density at radius 3 is 2.42 bits per heavy atom. The van der Waals surface area contributed by atoms with E-state index in [4.69, 9.17) is 14.2 Å². The number of anilines is 2. The van der Waals surface area contributed by atoms with Gasteiger partial charge in [0.1, 0.15) is 5.75 Å². The van der Waals surface area contributed by atoms with E-state index in [1.165, 1.54) is 20.3 Å². The molecular weight excluding hydrogens is 444 g/mol. The maximum Gasteiger partial charge on any atom is 0.262 e. The summed E-state index contributed by atoms with van der Waals surface area (Å²) < 4.78 is 44.6. The van der Waals surface area contributed by atoms with E-state index in [9.17, 15) is 13.2 Å². The zero-order chi connectivity index (χ0) is 23.6. The number of carbonyl (C=O) groups excluding carboxylic acids is 1. The highest BCUT2D eigenvalue weighted by Crippen LogP contribution is 2.39. The number of amides is 1. The van der Waals surface area contributed by atoms with Crippen LogP contribution in [0.5, 0.6) is 23.0 Å². The summed E-state index contributed by atoms with van der Waals surface area (Å²) >= 11 is 0. The number of hydrogen-bond donors (Lipinski definition) is 1. The lowest BCUT2D eigenvalue weighted by atomic mass is 10.1. The summed E-state index contributed by atoms with van der Waals surface area (Å²) in [6.45, 7) is 2.31. The third-order valence-electron chi connectivity index (χ3n) is 5.23. The maximum absolute atomic E-state index is 13.2. The SMILES string of the molecule is CCN1C(=O)c2cc(NS(=O)(=O)Cc3ccc(OC)c(OC)c3)ccc2Oc2ccccc21. The van der Waals surface area contributed by atoms with Crippen molar-refractivity contribution in [3.63, 3.8) is 0 Å². The summed E-state index contributed by atoms with van der Waals surface area (Å²) in [7, 11) is -0.772. The van der Waals surface area contributed by atoms with Gasteiger partial charge in [-0.15, -0.1) is 0 Å². The van der Waals surface area contributed by atoms with Crippen LogP contribution in [0, 0.1) is 0 Å². The van der Waals surface area contributed by atoms with Gasteiger partial charge in [0.25, 0.3) is 5.91 Å². The van der Waals surface area contributed by atoms with Crippen molar-refractivity contribution in [3.05, 3.63) is 71.8 Å². The molecular formula is C24H24N2O6S. The Labute approximate surface area is 192 Å². The number of carbonyl (C=O) groups is 1. The van der Waals surface area contributed by atoms with E-state index >= 15 is 0 Å². The maximum atomic E-state index is 13.2. The van der Waals surface area contributed by atoms with E-state index in [2.05, 4.69) is 4.72 Å². The number of nitrogens with zero attached hydrogens (tertiary/aromatic N) is 1. The van der Waals surface area contributed by atoms with Crippen molar-refractivity contribution in [2.75, 3.05) is 30.4 Å². The topological polar surface area (TPSA) is 94.2 Å². The summed E-state index contributed by atoms with van der Waals surface area (Å²) in [5, 5.41) is 0. The molecule has 0 radical (unpaired) electrons. The summed E-state index contributed by atoms with van der Waals surface area (Å²) in [4.78, 5) is 14.8. The molecule has 0 bridgehead atoms. The Kier molecular flexibility index (Phi) is 6.15. The molecule has 1 N–H and O–H groups in total. The normalized spacial score (nSPS) is 12.8. The molecule has 1 aliphatic rings. The number of ether oxygens (including phenoxy) is 3. The Hall–Kier alpha value is -3.72. The van der Waals surface area contributed by atoms with Gasteiger partial charge in [-0.1, -0.05) is 18.2 Å². The van der Waals surface area contributed by atoms with Gasteiger partial charge < -0.3 is 19.1 Å². The summed E-state index contributed by atoms with van der Waals surface area (Å²) in [6.07, 6.45) is 0. The zero-order valence-electron chi connectivity index (χ0n) is 18.5. The van der Waals surface area contributed by atoms with Crippen LogP contribution < -0.4 is 23.8 Å². The highest BCUT2D eigenvalue weighted by molar-refractivity contribution is 7.91. The Morgan fingerprint density at radius 2 is 1.70 bits per heavy atom. The standard InChI is InChI=1S/C24H24N2O6S/c1-4-26-19-7-5-6-8-21(19)32-20-12-10-17(14-18(20)24(26)27)25-33(28,29)15-16-9-11-22(30-2)23(13-16)31-3/h5-14,25H,4,15H2,1-3H3. The third kappa shape index (κ3) is 4.58. The highest BCUT2D eigenvalue weighted by Gasteiger charge is 2.27. The first kappa shape index (κ1) is 22.5. The van der Waals surface area contributed by atoms with Crippen LogP contribution in [0.15, 0.2) is 60.7 Å². The van der Waals surface area contributed by atoms with Crippen molar-refractivity contribution in [2.45, 2.75) is 12.7 Å². The first-order valence-electron chi connectivity index (χ1n) is 10.3. The number of rotatable bonds is 7. The molecule has 1 amide bonds. The van der Waals surface area contributed by atoms with Gasteiger partial charge in [0.05, 0.1) is 31.2 Å². The van der Waals surface area contributed by atoms with Crippen molar-refractivity contribution in [3.8, 4) is 23.0 Å². The van der Waals surface area contributed by atoms with Gasteiger partial charge in [0, 0.05) is 12.2 Å². The number of para-hydroxylation sites is 2. The van der Waals surface area contributed by atoms with Crippen LogP contribution in [0.4, 0.5) is 11.4 Å². The molecule has 33 heavy (non-hydrogen) atoms. The number of nitrogens with one attached hydrogen (secondary N) is 1. The minimum atomic E-state index is -3.77. The molecule has 1 aliphatic heterocycles. The van der Waals surface area contributed by atoms with E-state index in [-0.39, 0.29) is 22.9 Å². The molecule has 172 valence electrons. The van der Waals surface area contributed by atoms with Gasteiger partial charge in [0.15, 0.2) is 17.2 Å². The second-order valence-corrected chi connectivity index (χ2v) is 9.10. The summed E-state index contributed by atoms with van der Waals surface area (Å²) in [6, 6.07) is 16.9. The molecule has 0 fully saturated rings. The Morgan fingerprint density at radius 1 is 0.939 bits per heavy atom. The largest absolute Gasteiger partial charge is 0.493 e. The molecule has 0 aromatic heterocycles. The van der Waals surface area contributed by atoms with E-state index in [1.54, 1.807) is 41.3 Å². The van der Waals surface area contributed by atoms with Crippen molar-refractivity contribution in [1.82, 2.24) is 0 Å². The van der Waals surface area contributed by atoms with Gasteiger partial charge >= 0.3 is 0 Å². The molecule has 0 aliphatic carbocycles. The number of sulfonamides is 1. The summed E-state index contributed by atoms with van der Waals surface area (Å²) in [5.74, 6) is 1.34. The fourth-order valence-electron chi connectivity index (χ4n) is 3.71. The quantitative estimate of drug-likeness (QED) is 0.552. The fourth-order valence-corrected chi connectivity index (χ4v) is 4.89. The van der Waals surface area contributed by atoms with Crippen LogP contribution in [0.25, 0.3) is 0 Å². The molecule has 0 saturated heterocycles. The average molecular weight is 469 g/mol.